The molecule has 0 saturated carbocycles. The van der Waals surface area contributed by atoms with Crippen molar-refractivity contribution in [1.82, 2.24) is 0 Å². The average molecular weight is 695 g/mol. The molecule has 2 heteroatoms. The van der Waals surface area contributed by atoms with Crippen LogP contribution in [0.15, 0.2) is 194 Å². The van der Waals surface area contributed by atoms with Crippen LogP contribution in [0.4, 0.5) is 34.1 Å². The number of fused-ring (bicyclic) bond motifs is 1. The van der Waals surface area contributed by atoms with Crippen LogP contribution in [0.25, 0.3) is 35.1 Å². The van der Waals surface area contributed by atoms with E-state index in [2.05, 4.69) is 242 Å². The molecule has 8 rings (SSSR count). The molecule has 0 N–H and O–H groups in total. The number of hydrogen-bond donors (Lipinski definition) is 0. The third-order valence-electron chi connectivity index (χ3n) is 9.91. The number of nitrogens with zero attached hydrogens (tertiary/aromatic N) is 2. The zero-order chi connectivity index (χ0) is 36.7. The van der Waals surface area contributed by atoms with Crippen molar-refractivity contribution in [3.05, 3.63) is 228 Å². The maximum absolute atomic E-state index is 2.32. The molecule has 2 nitrogen and oxygen atoms in total. The first-order chi connectivity index (χ1) is 26.6. The summed E-state index contributed by atoms with van der Waals surface area (Å²) in [5, 5.41) is 2.45. The Morgan fingerprint density at radius 1 is 0.315 bits per heavy atom. The smallest absolute Gasteiger partial charge is 0.0490 e. The van der Waals surface area contributed by atoms with Gasteiger partial charge < -0.3 is 9.80 Å². The lowest BCUT2D eigenvalue weighted by atomic mass is 9.98. The van der Waals surface area contributed by atoms with Crippen LogP contribution < -0.4 is 9.80 Å². The van der Waals surface area contributed by atoms with Crippen LogP contribution in [-0.2, 0) is 0 Å². The summed E-state index contributed by atoms with van der Waals surface area (Å²) in [5.41, 5.74) is 14.0. The molecule has 0 aliphatic rings. The van der Waals surface area contributed by atoms with Crippen molar-refractivity contribution in [1.29, 1.82) is 0 Å². The first-order valence-electron chi connectivity index (χ1n) is 18.5. The molecule has 0 heterocycles. The predicted octanol–water partition coefficient (Wildman–Crippen LogP) is 14.7. The molecule has 0 aromatic heterocycles. The lowest BCUT2D eigenvalue weighted by Crippen LogP contribution is -2.11. The average Bonchev–Trinajstić information content (AvgIpc) is 3.22. The predicted molar refractivity (Wildman–Crippen MR) is 234 cm³/mol. The highest BCUT2D eigenvalue weighted by Gasteiger charge is 2.15. The summed E-state index contributed by atoms with van der Waals surface area (Å²) in [4.78, 5) is 4.65. The number of benzene rings is 8. The fourth-order valence-corrected chi connectivity index (χ4v) is 7.04. The van der Waals surface area contributed by atoms with Gasteiger partial charge in [-0.1, -0.05) is 146 Å². The van der Waals surface area contributed by atoms with E-state index in [0.717, 1.165) is 33.9 Å². The van der Waals surface area contributed by atoms with Crippen LogP contribution in [0.5, 0.6) is 0 Å². The summed E-state index contributed by atoms with van der Waals surface area (Å²) >= 11 is 0. The van der Waals surface area contributed by atoms with Crippen molar-refractivity contribution in [3.8, 4) is 0 Å². The van der Waals surface area contributed by atoms with Crippen LogP contribution in [0, 0.1) is 13.8 Å². The van der Waals surface area contributed by atoms with E-state index in [1.165, 1.54) is 44.4 Å². The van der Waals surface area contributed by atoms with Crippen LogP contribution in [-0.4, -0.2) is 0 Å². The molecular weight excluding hydrogens is 653 g/mol. The number of para-hydroxylation sites is 4. The lowest BCUT2D eigenvalue weighted by molar-refractivity contribution is 1.25. The molecule has 8 aromatic carbocycles. The van der Waals surface area contributed by atoms with Gasteiger partial charge in [-0.25, -0.2) is 0 Å². The maximum atomic E-state index is 2.32. The third kappa shape index (κ3) is 7.51. The van der Waals surface area contributed by atoms with E-state index in [0.29, 0.717) is 0 Å². The largest absolute Gasteiger partial charge is 0.310 e. The van der Waals surface area contributed by atoms with Gasteiger partial charge in [0.2, 0.25) is 0 Å². The Labute approximate surface area is 319 Å². The minimum Gasteiger partial charge on any atom is -0.310 e. The van der Waals surface area contributed by atoms with Crippen LogP contribution >= 0.6 is 0 Å². The molecule has 54 heavy (non-hydrogen) atoms. The van der Waals surface area contributed by atoms with E-state index in [9.17, 15) is 0 Å². The Bertz CT molecular complexity index is 2370. The number of aryl methyl sites for hydroxylation is 2. The molecule has 0 bridgehead atoms. The van der Waals surface area contributed by atoms with Gasteiger partial charge in [0.15, 0.2) is 0 Å². The second-order valence-corrected chi connectivity index (χ2v) is 13.6. The molecule has 0 radical (unpaired) electrons. The van der Waals surface area contributed by atoms with Gasteiger partial charge in [-0.3, -0.25) is 0 Å². The van der Waals surface area contributed by atoms with Crippen molar-refractivity contribution < 1.29 is 0 Å². The highest BCUT2D eigenvalue weighted by molar-refractivity contribution is 5.92. The monoisotopic (exact) mass is 694 g/mol. The second kappa shape index (κ2) is 15.8. The van der Waals surface area contributed by atoms with E-state index in [4.69, 9.17) is 0 Å². The summed E-state index contributed by atoms with van der Waals surface area (Å²) in [5.74, 6) is 0. The Morgan fingerprint density at radius 2 is 0.648 bits per heavy atom. The zero-order valence-electron chi connectivity index (χ0n) is 30.7. The third-order valence-corrected chi connectivity index (χ3v) is 9.91. The van der Waals surface area contributed by atoms with E-state index in [1.807, 2.05) is 0 Å². The normalized spacial score (nSPS) is 11.4. The first kappa shape index (κ1) is 34.2. The van der Waals surface area contributed by atoms with Gasteiger partial charge in [0, 0.05) is 34.1 Å². The number of anilines is 6. The fraction of sp³-hybridized carbons (Fsp3) is 0.0385. The topological polar surface area (TPSA) is 6.48 Å². The van der Waals surface area contributed by atoms with Gasteiger partial charge in [-0.15, -0.1) is 0 Å². The molecular formula is C52H42N2. The molecule has 0 saturated heterocycles. The van der Waals surface area contributed by atoms with E-state index in [1.54, 1.807) is 0 Å². The van der Waals surface area contributed by atoms with Gasteiger partial charge in [-0.05, 0) is 131 Å². The first-order valence-corrected chi connectivity index (χ1v) is 18.5. The molecule has 8 aromatic rings. The van der Waals surface area contributed by atoms with Gasteiger partial charge >= 0.3 is 0 Å². The quantitative estimate of drug-likeness (QED) is 0.132. The molecule has 0 fully saturated rings. The fourth-order valence-electron chi connectivity index (χ4n) is 7.04. The standard InChI is InChI=1S/C52H42N2/c1-39-15-9-13-23-51(39)53(47-19-5-3-6-20-47)49-33-27-41(28-34-49)25-31-45-37-43-17-11-12-18-44(43)38-46(45)32-26-42-29-35-50(36-30-42)54(48-21-7-4-8-22-48)52-24-14-10-16-40(52)2/h3-38H,1-2H3. The number of hydrogen-bond acceptors (Lipinski definition) is 2. The summed E-state index contributed by atoms with van der Waals surface area (Å²) < 4.78 is 0. The highest BCUT2D eigenvalue weighted by Crippen LogP contribution is 2.38. The summed E-state index contributed by atoms with van der Waals surface area (Å²) in [6.45, 7) is 4.33. The SMILES string of the molecule is Cc1ccccc1N(c1ccccc1)c1ccc(C=Cc2cc3ccccc3cc2C=Cc2ccc(N(c3ccccc3)c3ccccc3C)cc2)cc1. The Balaban J connectivity index is 1.08. The zero-order valence-corrected chi connectivity index (χ0v) is 30.7. The van der Waals surface area contributed by atoms with Gasteiger partial charge in [0.05, 0.1) is 0 Å². The lowest BCUT2D eigenvalue weighted by Gasteiger charge is -2.27. The molecule has 260 valence electrons. The Morgan fingerprint density at radius 3 is 1.04 bits per heavy atom. The van der Waals surface area contributed by atoms with Crippen molar-refractivity contribution in [2.45, 2.75) is 13.8 Å². The molecule has 0 aliphatic heterocycles. The van der Waals surface area contributed by atoms with Crippen LogP contribution in [0.1, 0.15) is 33.4 Å². The summed E-state index contributed by atoms with van der Waals surface area (Å²) in [6, 6.07) is 69.0. The second-order valence-electron chi connectivity index (χ2n) is 13.6. The van der Waals surface area contributed by atoms with E-state index in [-0.39, 0.29) is 0 Å². The minimum atomic E-state index is 1.12. The Kier molecular flexibility index (Phi) is 9.99. The molecule has 0 spiro atoms. The Hall–Kier alpha value is -6.90. The van der Waals surface area contributed by atoms with Crippen molar-refractivity contribution in [3.63, 3.8) is 0 Å². The van der Waals surface area contributed by atoms with Gasteiger partial charge in [0.1, 0.15) is 0 Å². The van der Waals surface area contributed by atoms with Gasteiger partial charge in [-0.2, -0.15) is 0 Å². The van der Waals surface area contributed by atoms with Crippen LogP contribution in [0.3, 0.4) is 0 Å². The van der Waals surface area contributed by atoms with Crippen LogP contribution in [0.2, 0.25) is 0 Å². The van der Waals surface area contributed by atoms with Crippen molar-refractivity contribution >= 4 is 69.2 Å². The molecule has 0 amide bonds. The minimum absolute atomic E-state index is 1.12. The van der Waals surface area contributed by atoms with Crippen molar-refractivity contribution in [2.75, 3.05) is 9.80 Å². The number of rotatable bonds is 10. The molecule has 0 unspecified atom stereocenters. The van der Waals surface area contributed by atoms with Crippen molar-refractivity contribution in [2.24, 2.45) is 0 Å². The summed E-state index contributed by atoms with van der Waals surface area (Å²) in [7, 11) is 0. The molecule has 0 aliphatic carbocycles. The van der Waals surface area contributed by atoms with E-state index >= 15 is 0 Å². The summed E-state index contributed by atoms with van der Waals surface area (Å²) in [6.07, 6.45) is 8.90. The van der Waals surface area contributed by atoms with Gasteiger partial charge in [0.25, 0.3) is 0 Å². The maximum Gasteiger partial charge on any atom is 0.0490 e. The highest BCUT2D eigenvalue weighted by atomic mass is 15.1. The van der Waals surface area contributed by atoms with E-state index < -0.39 is 0 Å². The molecule has 0 atom stereocenters.